The smallest absolute Gasteiger partial charge is 0.237 e. The molecule has 0 saturated heterocycles. The van der Waals surface area contributed by atoms with Crippen molar-refractivity contribution in [1.29, 1.82) is 0 Å². The number of hydrogen-bond donors (Lipinski definition) is 1. The van der Waals surface area contributed by atoms with E-state index in [0.29, 0.717) is 22.2 Å². The molecule has 6 nitrogen and oxygen atoms in total. The Morgan fingerprint density at radius 3 is 2.86 bits per heavy atom. The summed E-state index contributed by atoms with van der Waals surface area (Å²) in [4.78, 5) is 12.8. The molecular formula is C20H19ClN4O2S. The fourth-order valence-electron chi connectivity index (χ4n) is 3.04. The highest BCUT2D eigenvalue weighted by molar-refractivity contribution is 8.00. The SMILES string of the molecule is CCC(Sc1nncn2c1cc1oc(C)cc12)C(=O)Nc1ccc(C)c(Cl)c1. The minimum absolute atomic E-state index is 0.0951. The zero-order valence-corrected chi connectivity index (χ0v) is 17.3. The molecular weight excluding hydrogens is 396 g/mol. The molecule has 1 amide bonds. The molecule has 0 aliphatic heterocycles. The number of nitrogens with zero attached hydrogens (tertiary/aromatic N) is 3. The van der Waals surface area contributed by atoms with E-state index in [0.717, 1.165) is 27.9 Å². The largest absolute Gasteiger partial charge is 0.460 e. The van der Waals surface area contributed by atoms with E-state index >= 15 is 0 Å². The predicted molar refractivity (Wildman–Crippen MR) is 112 cm³/mol. The van der Waals surface area contributed by atoms with Gasteiger partial charge in [0.2, 0.25) is 5.91 Å². The van der Waals surface area contributed by atoms with Crippen LogP contribution in [0.5, 0.6) is 0 Å². The van der Waals surface area contributed by atoms with Crippen molar-refractivity contribution in [3.8, 4) is 0 Å². The molecule has 0 fully saturated rings. The second-order valence-electron chi connectivity index (χ2n) is 6.61. The Balaban J connectivity index is 1.59. The summed E-state index contributed by atoms with van der Waals surface area (Å²) in [5.41, 5.74) is 4.24. The van der Waals surface area contributed by atoms with E-state index in [9.17, 15) is 4.79 Å². The molecule has 3 heterocycles. The second-order valence-corrected chi connectivity index (χ2v) is 8.21. The first-order valence-electron chi connectivity index (χ1n) is 8.93. The van der Waals surface area contributed by atoms with Gasteiger partial charge in [-0.05, 0) is 38.0 Å². The number of nitrogens with one attached hydrogen (secondary N) is 1. The lowest BCUT2D eigenvalue weighted by atomic mass is 10.2. The number of hydrogen-bond acceptors (Lipinski definition) is 5. The van der Waals surface area contributed by atoms with E-state index in [1.165, 1.54) is 11.8 Å². The van der Waals surface area contributed by atoms with Crippen LogP contribution in [0.2, 0.25) is 5.02 Å². The van der Waals surface area contributed by atoms with Gasteiger partial charge in [-0.25, -0.2) is 0 Å². The zero-order chi connectivity index (χ0) is 19.8. The normalized spacial score (nSPS) is 12.6. The molecule has 8 heteroatoms. The molecule has 0 aliphatic carbocycles. The molecule has 144 valence electrons. The summed E-state index contributed by atoms with van der Waals surface area (Å²) in [6.07, 6.45) is 2.31. The van der Waals surface area contributed by atoms with Crippen molar-refractivity contribution in [2.45, 2.75) is 37.5 Å². The Labute approximate surface area is 171 Å². The van der Waals surface area contributed by atoms with Crippen LogP contribution >= 0.6 is 23.4 Å². The quantitative estimate of drug-likeness (QED) is 0.451. The minimum Gasteiger partial charge on any atom is -0.460 e. The summed E-state index contributed by atoms with van der Waals surface area (Å²) in [6.45, 7) is 5.80. The molecule has 1 N–H and O–H groups in total. The maximum absolute atomic E-state index is 12.8. The van der Waals surface area contributed by atoms with Gasteiger partial charge in [-0.15, -0.1) is 10.2 Å². The number of carbonyl (C=O) groups is 1. The molecule has 0 radical (unpaired) electrons. The van der Waals surface area contributed by atoms with Crippen LogP contribution in [-0.4, -0.2) is 25.8 Å². The van der Waals surface area contributed by atoms with Crippen molar-refractivity contribution in [3.05, 3.63) is 53.0 Å². The maximum atomic E-state index is 12.8. The van der Waals surface area contributed by atoms with Crippen LogP contribution < -0.4 is 5.32 Å². The number of fused-ring (bicyclic) bond motifs is 3. The highest BCUT2D eigenvalue weighted by Gasteiger charge is 2.22. The number of aryl methyl sites for hydroxylation is 2. The van der Waals surface area contributed by atoms with Gasteiger partial charge in [0, 0.05) is 22.8 Å². The number of benzene rings is 1. The molecule has 4 rings (SSSR count). The van der Waals surface area contributed by atoms with Gasteiger partial charge < -0.3 is 9.73 Å². The zero-order valence-electron chi connectivity index (χ0n) is 15.7. The Kier molecular flexibility index (Phi) is 5.03. The minimum atomic E-state index is -0.316. The molecule has 0 bridgehead atoms. The third kappa shape index (κ3) is 3.47. The van der Waals surface area contributed by atoms with E-state index in [-0.39, 0.29) is 11.2 Å². The van der Waals surface area contributed by atoms with Gasteiger partial charge in [-0.1, -0.05) is 36.4 Å². The first-order valence-corrected chi connectivity index (χ1v) is 10.2. The number of halogens is 1. The van der Waals surface area contributed by atoms with Crippen molar-refractivity contribution in [3.63, 3.8) is 0 Å². The Morgan fingerprint density at radius 2 is 2.11 bits per heavy atom. The first-order chi connectivity index (χ1) is 13.5. The van der Waals surface area contributed by atoms with E-state index in [1.54, 1.807) is 12.4 Å². The van der Waals surface area contributed by atoms with Crippen LogP contribution in [0.4, 0.5) is 5.69 Å². The summed E-state index contributed by atoms with van der Waals surface area (Å²) in [5.74, 6) is 0.746. The molecule has 4 aromatic rings. The fraction of sp³-hybridized carbons (Fsp3) is 0.250. The number of furan rings is 1. The average molecular weight is 415 g/mol. The van der Waals surface area contributed by atoms with Gasteiger partial charge in [-0.2, -0.15) is 0 Å². The molecule has 1 unspecified atom stereocenters. The molecule has 1 atom stereocenters. The fourth-order valence-corrected chi connectivity index (χ4v) is 4.19. The van der Waals surface area contributed by atoms with Crippen molar-refractivity contribution in [2.24, 2.45) is 0 Å². The number of thioether (sulfide) groups is 1. The van der Waals surface area contributed by atoms with Gasteiger partial charge in [0.25, 0.3) is 0 Å². The lowest BCUT2D eigenvalue weighted by Gasteiger charge is -2.15. The van der Waals surface area contributed by atoms with Gasteiger partial charge in [-0.3, -0.25) is 9.20 Å². The summed E-state index contributed by atoms with van der Waals surface area (Å²) >= 11 is 7.55. The third-order valence-corrected chi connectivity index (χ3v) is 6.29. The summed E-state index contributed by atoms with van der Waals surface area (Å²) in [7, 11) is 0. The maximum Gasteiger partial charge on any atom is 0.237 e. The van der Waals surface area contributed by atoms with Crippen molar-refractivity contribution >= 4 is 51.6 Å². The Hall–Kier alpha value is -2.51. The number of amides is 1. The van der Waals surface area contributed by atoms with Crippen LogP contribution in [0.3, 0.4) is 0 Å². The highest BCUT2D eigenvalue weighted by atomic mass is 35.5. The lowest BCUT2D eigenvalue weighted by molar-refractivity contribution is -0.115. The monoisotopic (exact) mass is 414 g/mol. The van der Waals surface area contributed by atoms with Gasteiger partial charge in [0.05, 0.1) is 16.3 Å². The van der Waals surface area contributed by atoms with E-state index < -0.39 is 0 Å². The summed E-state index contributed by atoms with van der Waals surface area (Å²) < 4.78 is 7.65. The summed E-state index contributed by atoms with van der Waals surface area (Å²) in [6, 6.07) is 9.39. The van der Waals surface area contributed by atoms with E-state index in [4.69, 9.17) is 16.0 Å². The second kappa shape index (κ2) is 7.48. The van der Waals surface area contributed by atoms with Crippen LogP contribution in [0, 0.1) is 13.8 Å². The molecule has 28 heavy (non-hydrogen) atoms. The molecule has 1 aromatic carbocycles. The van der Waals surface area contributed by atoms with Crippen molar-refractivity contribution in [1.82, 2.24) is 14.6 Å². The van der Waals surface area contributed by atoms with E-state index in [2.05, 4.69) is 15.5 Å². The lowest BCUT2D eigenvalue weighted by Crippen LogP contribution is -2.24. The van der Waals surface area contributed by atoms with E-state index in [1.807, 2.05) is 49.4 Å². The van der Waals surface area contributed by atoms with Crippen molar-refractivity contribution < 1.29 is 9.21 Å². The number of carbonyl (C=O) groups excluding carboxylic acids is 1. The molecule has 0 aliphatic rings. The average Bonchev–Trinajstić information content (AvgIpc) is 3.19. The molecule has 0 spiro atoms. The highest BCUT2D eigenvalue weighted by Crippen LogP contribution is 2.32. The number of anilines is 1. The number of aromatic nitrogens is 3. The van der Waals surface area contributed by atoms with Crippen LogP contribution in [0.15, 0.2) is 46.1 Å². The van der Waals surface area contributed by atoms with Gasteiger partial charge in [0.15, 0.2) is 5.58 Å². The van der Waals surface area contributed by atoms with Crippen LogP contribution in [0.25, 0.3) is 16.6 Å². The Morgan fingerprint density at radius 1 is 1.29 bits per heavy atom. The topological polar surface area (TPSA) is 72.4 Å². The predicted octanol–water partition coefficient (Wildman–Crippen LogP) is 5.26. The first kappa shape index (κ1) is 18.8. The number of rotatable bonds is 5. The van der Waals surface area contributed by atoms with Crippen molar-refractivity contribution in [2.75, 3.05) is 5.32 Å². The summed E-state index contributed by atoms with van der Waals surface area (Å²) in [5, 5.41) is 12.3. The standard InChI is InChI=1S/C20H19ClN4O2S/c1-4-18(19(26)23-13-6-5-11(2)14(21)8-13)28-20-16-9-17-15(7-12(3)27-17)25(16)10-22-24-20/h5-10,18H,4H2,1-3H3,(H,23,26). The van der Waals surface area contributed by atoms with Crippen LogP contribution in [0.1, 0.15) is 24.7 Å². The Bertz CT molecular complexity index is 1180. The third-order valence-electron chi connectivity index (χ3n) is 4.54. The van der Waals surface area contributed by atoms with Gasteiger partial charge in [0.1, 0.15) is 17.1 Å². The van der Waals surface area contributed by atoms with Gasteiger partial charge >= 0.3 is 0 Å². The van der Waals surface area contributed by atoms with Crippen LogP contribution in [-0.2, 0) is 4.79 Å². The molecule has 0 saturated carbocycles. The molecule has 3 aromatic heterocycles.